The summed E-state index contributed by atoms with van der Waals surface area (Å²) in [5, 5.41) is 0. The van der Waals surface area contributed by atoms with E-state index in [9.17, 15) is 14.4 Å². The van der Waals surface area contributed by atoms with Crippen molar-refractivity contribution in [1.29, 1.82) is 0 Å². The average Bonchev–Trinajstić information content (AvgIpc) is 2.80. The lowest BCUT2D eigenvalue weighted by atomic mass is 9.71. The Balaban J connectivity index is 1.90. The summed E-state index contributed by atoms with van der Waals surface area (Å²) in [4.78, 5) is 37.4. The first-order valence-electron chi connectivity index (χ1n) is 12.8. The second-order valence-corrected chi connectivity index (χ2v) is 10.2. The number of hydrogen-bond donors (Lipinski definition) is 0. The molecule has 5 heteroatoms. The van der Waals surface area contributed by atoms with Gasteiger partial charge in [-0.05, 0) is 55.6 Å². The quantitative estimate of drug-likeness (QED) is 0.266. The van der Waals surface area contributed by atoms with E-state index in [0.717, 1.165) is 30.4 Å². The van der Waals surface area contributed by atoms with Crippen LogP contribution in [0.2, 0.25) is 0 Å². The van der Waals surface area contributed by atoms with Crippen molar-refractivity contribution in [2.75, 3.05) is 6.61 Å². The van der Waals surface area contributed by atoms with Crippen LogP contribution in [-0.2, 0) is 23.9 Å². The SMILES string of the molecule is CC/C=C/C=C(C)/C=C/C1=C(C)C(=O)C(OC(=O)CCC(=O)OCC2CCCCC2)CC1(C)C. The molecule has 2 aliphatic carbocycles. The molecule has 1 atom stereocenters. The number of hydrogen-bond acceptors (Lipinski definition) is 5. The molecule has 0 aromatic heterocycles. The zero-order valence-electron chi connectivity index (χ0n) is 21.7. The normalized spacial score (nSPS) is 22.0. The van der Waals surface area contributed by atoms with Crippen molar-refractivity contribution in [3.63, 3.8) is 0 Å². The Labute approximate surface area is 205 Å². The third-order valence-corrected chi connectivity index (χ3v) is 6.75. The third kappa shape index (κ3) is 8.73. The second kappa shape index (κ2) is 13.5. The van der Waals surface area contributed by atoms with E-state index in [0.29, 0.717) is 24.5 Å². The van der Waals surface area contributed by atoms with Gasteiger partial charge in [0.1, 0.15) is 0 Å². The number of Topliss-reactive ketones (excluding diaryl/α,β-unsaturated/α-hetero) is 1. The summed E-state index contributed by atoms with van der Waals surface area (Å²) >= 11 is 0. The van der Waals surface area contributed by atoms with Gasteiger partial charge in [0, 0.05) is 6.42 Å². The smallest absolute Gasteiger partial charge is 0.307 e. The van der Waals surface area contributed by atoms with Gasteiger partial charge in [-0.15, -0.1) is 0 Å². The van der Waals surface area contributed by atoms with E-state index in [4.69, 9.17) is 9.47 Å². The van der Waals surface area contributed by atoms with Gasteiger partial charge in [0.15, 0.2) is 11.9 Å². The van der Waals surface area contributed by atoms with Gasteiger partial charge in [-0.25, -0.2) is 0 Å². The number of ketones is 1. The molecule has 2 rings (SSSR count). The number of carbonyl (C=O) groups excluding carboxylic acids is 3. The summed E-state index contributed by atoms with van der Waals surface area (Å²) in [6.45, 7) is 10.5. The molecule has 0 N–H and O–H groups in total. The molecule has 0 bridgehead atoms. The van der Waals surface area contributed by atoms with Crippen LogP contribution in [0.5, 0.6) is 0 Å². The Kier molecular flexibility index (Phi) is 11.0. The first-order valence-corrected chi connectivity index (χ1v) is 12.8. The summed E-state index contributed by atoms with van der Waals surface area (Å²) < 4.78 is 10.9. The Morgan fingerprint density at radius 2 is 1.76 bits per heavy atom. The molecule has 34 heavy (non-hydrogen) atoms. The predicted molar refractivity (Wildman–Crippen MR) is 135 cm³/mol. The maximum atomic E-state index is 12.9. The summed E-state index contributed by atoms with van der Waals surface area (Å²) in [6, 6.07) is 0. The Bertz CT molecular complexity index is 850. The lowest BCUT2D eigenvalue weighted by Gasteiger charge is -2.36. The highest BCUT2D eigenvalue weighted by molar-refractivity contribution is 6.01. The van der Waals surface area contributed by atoms with Crippen molar-refractivity contribution in [3.05, 3.63) is 47.1 Å². The molecule has 5 nitrogen and oxygen atoms in total. The summed E-state index contributed by atoms with van der Waals surface area (Å²) in [5.41, 5.74) is 2.35. The van der Waals surface area contributed by atoms with Crippen LogP contribution >= 0.6 is 0 Å². The van der Waals surface area contributed by atoms with E-state index >= 15 is 0 Å². The molecule has 0 saturated heterocycles. The molecule has 0 heterocycles. The molecule has 0 amide bonds. The van der Waals surface area contributed by atoms with Gasteiger partial charge in [0.05, 0.1) is 19.4 Å². The first-order chi connectivity index (χ1) is 16.1. The molecule has 0 aliphatic heterocycles. The Morgan fingerprint density at radius 3 is 2.44 bits per heavy atom. The molecular weight excluding hydrogens is 428 g/mol. The Morgan fingerprint density at radius 1 is 1.09 bits per heavy atom. The number of carbonyl (C=O) groups is 3. The minimum Gasteiger partial charge on any atom is -0.465 e. The van der Waals surface area contributed by atoms with Gasteiger partial charge in [0.2, 0.25) is 0 Å². The van der Waals surface area contributed by atoms with Crippen LogP contribution in [0, 0.1) is 11.3 Å². The fraction of sp³-hybridized carbons (Fsp3) is 0.621. The van der Waals surface area contributed by atoms with Crippen LogP contribution in [0.25, 0.3) is 0 Å². The molecule has 2 aliphatic rings. The van der Waals surface area contributed by atoms with Gasteiger partial charge >= 0.3 is 11.9 Å². The Hall–Kier alpha value is -2.43. The first kappa shape index (κ1) is 27.8. The number of esters is 2. The molecule has 0 radical (unpaired) electrons. The molecule has 1 fully saturated rings. The largest absolute Gasteiger partial charge is 0.465 e. The van der Waals surface area contributed by atoms with Crippen LogP contribution in [0.3, 0.4) is 0 Å². The van der Waals surface area contributed by atoms with Gasteiger partial charge in [-0.2, -0.15) is 0 Å². The van der Waals surface area contributed by atoms with Crippen LogP contribution in [-0.4, -0.2) is 30.4 Å². The van der Waals surface area contributed by atoms with Crippen molar-refractivity contribution in [2.45, 2.75) is 98.5 Å². The van der Waals surface area contributed by atoms with Gasteiger partial charge in [-0.3, -0.25) is 14.4 Å². The van der Waals surface area contributed by atoms with Gasteiger partial charge < -0.3 is 9.47 Å². The monoisotopic (exact) mass is 470 g/mol. The molecule has 1 saturated carbocycles. The summed E-state index contributed by atoms with van der Waals surface area (Å²) in [5.74, 6) is -0.632. The van der Waals surface area contributed by atoms with Crippen molar-refractivity contribution in [3.8, 4) is 0 Å². The number of ether oxygens (including phenoxy) is 2. The van der Waals surface area contributed by atoms with E-state index in [1.165, 1.54) is 19.3 Å². The zero-order valence-corrected chi connectivity index (χ0v) is 21.7. The molecule has 0 aromatic carbocycles. The molecular formula is C29H42O5. The summed E-state index contributed by atoms with van der Waals surface area (Å²) in [6.07, 6.45) is 16.5. The number of allylic oxidation sites excluding steroid dienone is 7. The van der Waals surface area contributed by atoms with Crippen LogP contribution < -0.4 is 0 Å². The van der Waals surface area contributed by atoms with Crippen molar-refractivity contribution in [2.24, 2.45) is 11.3 Å². The second-order valence-electron chi connectivity index (χ2n) is 10.2. The summed E-state index contributed by atoms with van der Waals surface area (Å²) in [7, 11) is 0. The molecule has 1 unspecified atom stereocenters. The highest BCUT2D eigenvalue weighted by Crippen LogP contribution is 2.40. The molecule has 188 valence electrons. The van der Waals surface area contributed by atoms with E-state index in [1.54, 1.807) is 6.92 Å². The van der Waals surface area contributed by atoms with Crippen molar-refractivity contribution in [1.82, 2.24) is 0 Å². The van der Waals surface area contributed by atoms with Crippen molar-refractivity contribution < 1.29 is 23.9 Å². The maximum Gasteiger partial charge on any atom is 0.307 e. The van der Waals surface area contributed by atoms with E-state index in [-0.39, 0.29) is 30.0 Å². The standard InChI is InChI=1S/C29H42O5/c1-6-7-9-12-21(2)15-16-24-22(3)28(32)25(19-29(24,4)5)34-27(31)18-17-26(30)33-20-23-13-10-8-11-14-23/h7,9,12,15-16,23,25H,6,8,10-11,13-14,17-20H2,1-5H3/b9-7+,16-15+,21-12+. The van der Waals surface area contributed by atoms with Gasteiger partial charge in [-0.1, -0.05) is 76.0 Å². The highest BCUT2D eigenvalue weighted by Gasteiger charge is 2.39. The van der Waals surface area contributed by atoms with E-state index in [1.807, 2.05) is 31.2 Å². The predicted octanol–water partition coefficient (Wildman–Crippen LogP) is 6.59. The lowest BCUT2D eigenvalue weighted by molar-refractivity contribution is -0.158. The fourth-order valence-electron chi connectivity index (χ4n) is 4.68. The fourth-order valence-corrected chi connectivity index (χ4v) is 4.68. The maximum absolute atomic E-state index is 12.9. The van der Waals surface area contributed by atoms with Crippen LogP contribution in [0.15, 0.2) is 47.1 Å². The number of rotatable bonds is 10. The topological polar surface area (TPSA) is 69.7 Å². The lowest BCUT2D eigenvalue weighted by Crippen LogP contribution is -2.39. The average molecular weight is 471 g/mol. The third-order valence-electron chi connectivity index (χ3n) is 6.75. The van der Waals surface area contributed by atoms with Gasteiger partial charge in [0.25, 0.3) is 0 Å². The van der Waals surface area contributed by atoms with E-state index in [2.05, 4.69) is 26.8 Å². The zero-order chi connectivity index (χ0) is 25.1. The minimum atomic E-state index is -0.818. The van der Waals surface area contributed by atoms with E-state index < -0.39 is 12.1 Å². The van der Waals surface area contributed by atoms with Crippen molar-refractivity contribution >= 4 is 17.7 Å². The highest BCUT2D eigenvalue weighted by atomic mass is 16.5. The van der Waals surface area contributed by atoms with Crippen LogP contribution in [0.1, 0.15) is 92.4 Å². The minimum absolute atomic E-state index is 0.0171. The van der Waals surface area contributed by atoms with Crippen LogP contribution in [0.4, 0.5) is 0 Å². The molecule has 0 spiro atoms. The molecule has 0 aromatic rings.